The van der Waals surface area contributed by atoms with Gasteiger partial charge in [0.05, 0.1) is 34.9 Å². The van der Waals surface area contributed by atoms with Crippen molar-refractivity contribution >= 4 is 38.5 Å². The molecule has 47 heavy (non-hydrogen) atoms. The topological polar surface area (TPSA) is 55.8 Å². The Morgan fingerprint density at radius 2 is 1.38 bits per heavy atom. The Morgan fingerprint density at radius 1 is 0.872 bits per heavy atom. The first-order chi connectivity index (χ1) is 22.2. The summed E-state index contributed by atoms with van der Waals surface area (Å²) in [7, 11) is -4.33. The Hall–Kier alpha value is -3.27. The molecule has 0 unspecified atom stereocenters. The highest BCUT2D eigenvalue weighted by atomic mass is 28.3. The van der Waals surface area contributed by atoms with E-state index in [1.165, 1.54) is 15.3 Å². The second-order valence-corrected chi connectivity index (χ2v) is 25.1. The van der Waals surface area contributed by atoms with Crippen molar-refractivity contribution in [2.45, 2.75) is 102 Å². The second-order valence-electron chi connectivity index (χ2n) is 15.4. The molecule has 1 heterocycles. The number of hydrogen-bond donors (Lipinski definition) is 0. The van der Waals surface area contributed by atoms with Crippen molar-refractivity contribution in [3.8, 4) is 0 Å². The maximum atomic E-state index is 14.3. The summed E-state index contributed by atoms with van der Waals surface area (Å²) < 4.78 is 12.1. The lowest BCUT2D eigenvalue weighted by Gasteiger charge is -2.42. The largest absolute Gasteiger partial charge is 0.447 e. The zero-order chi connectivity index (χ0) is 34.2. The third-order valence-electron chi connectivity index (χ3n) is 10.5. The van der Waals surface area contributed by atoms with Gasteiger partial charge in [-0.3, -0.25) is 4.79 Å². The van der Waals surface area contributed by atoms with Crippen LogP contribution in [0.25, 0.3) is 0 Å². The van der Waals surface area contributed by atoms with E-state index in [2.05, 4.69) is 126 Å². The highest BCUT2D eigenvalue weighted by Gasteiger charge is 2.47. The van der Waals surface area contributed by atoms with Crippen molar-refractivity contribution < 1.29 is 19.1 Å². The summed E-state index contributed by atoms with van der Waals surface area (Å²) in [4.78, 5) is 28.8. The summed E-state index contributed by atoms with van der Waals surface area (Å²) in [5, 5.41) is 2.74. The van der Waals surface area contributed by atoms with Gasteiger partial charge in [-0.15, -0.1) is 6.58 Å². The molecule has 0 N–H and O–H groups in total. The number of imide groups is 1. The predicted octanol–water partition coefficient (Wildman–Crippen LogP) is 8.68. The monoisotopic (exact) mass is 669 g/mol. The number of nitrogens with zero attached hydrogens (tertiary/aromatic N) is 1. The number of cyclic esters (lactones) is 1. The number of benzene rings is 3. The molecule has 1 aliphatic rings. The van der Waals surface area contributed by atoms with Gasteiger partial charge in [0.15, 0.2) is 0 Å². The zero-order valence-electron chi connectivity index (χ0n) is 29.6. The molecule has 1 aliphatic heterocycles. The van der Waals surface area contributed by atoms with Gasteiger partial charge in [-0.1, -0.05) is 161 Å². The molecule has 3 aromatic carbocycles. The molecule has 0 aromatic heterocycles. The molecule has 0 aliphatic carbocycles. The quantitative estimate of drug-likeness (QED) is 0.120. The minimum Gasteiger partial charge on any atom is -0.447 e. The van der Waals surface area contributed by atoms with Gasteiger partial charge in [0.25, 0.3) is 0 Å². The fourth-order valence-corrected chi connectivity index (χ4v) is 13.6. The van der Waals surface area contributed by atoms with Crippen LogP contribution in [0.2, 0.25) is 37.3 Å². The van der Waals surface area contributed by atoms with Gasteiger partial charge in [0.1, 0.15) is 6.61 Å². The average molecular weight is 670 g/mol. The maximum absolute atomic E-state index is 14.3. The van der Waals surface area contributed by atoms with E-state index in [0.717, 1.165) is 24.8 Å². The standard InChI is InChI=1S/C40H55NO4Si2/c1-9-19-32(44-29-31-20-13-10-14-21-31)26-35(46(5,6)33-22-15-11-16-23-33)27-36(47(7,8)34-24-17-12-18-25-34)28-38(42)41-37(40(2,3)4)30-45-39(41)43/h9-18,20-25,32,35-37H,1,19,26-30H2,2-8H3/t32-,35+,36+,37+/m0/s1. The van der Waals surface area contributed by atoms with Gasteiger partial charge in [0, 0.05) is 6.42 Å². The third kappa shape index (κ3) is 9.21. The molecule has 0 spiro atoms. The van der Waals surface area contributed by atoms with Gasteiger partial charge in [-0.05, 0) is 34.9 Å². The second kappa shape index (κ2) is 15.8. The first kappa shape index (κ1) is 36.6. The lowest BCUT2D eigenvalue weighted by molar-refractivity contribution is -0.130. The number of amides is 2. The Kier molecular flexibility index (Phi) is 12.3. The Balaban J connectivity index is 1.73. The Morgan fingerprint density at radius 3 is 1.89 bits per heavy atom. The molecule has 2 amide bonds. The summed E-state index contributed by atoms with van der Waals surface area (Å²) in [6, 6.07) is 31.7. The van der Waals surface area contributed by atoms with Gasteiger partial charge >= 0.3 is 6.09 Å². The summed E-state index contributed by atoms with van der Waals surface area (Å²) in [5.74, 6) is -0.116. The first-order valence-corrected chi connectivity index (χ1v) is 23.3. The Labute approximate surface area is 285 Å². The minimum absolute atomic E-state index is 0.00452. The first-order valence-electron chi connectivity index (χ1n) is 17.1. The van der Waals surface area contributed by atoms with Crippen LogP contribution in [0, 0.1) is 5.41 Å². The molecule has 7 heteroatoms. The van der Waals surface area contributed by atoms with E-state index in [0.29, 0.717) is 18.6 Å². The van der Waals surface area contributed by atoms with Crippen molar-refractivity contribution in [3.63, 3.8) is 0 Å². The van der Waals surface area contributed by atoms with Crippen LogP contribution in [0.15, 0.2) is 104 Å². The van der Waals surface area contributed by atoms with E-state index < -0.39 is 22.2 Å². The van der Waals surface area contributed by atoms with E-state index in [1.54, 1.807) is 0 Å². The SMILES string of the molecule is C=CC[C@@H](C[C@H](C[C@H](CC(=O)N1C(=O)OC[C@@H]1C(C)(C)C)[Si](C)(C)c1ccccc1)[Si](C)(C)c1ccccc1)OCc1ccccc1. The zero-order valence-corrected chi connectivity index (χ0v) is 31.6. The predicted molar refractivity (Wildman–Crippen MR) is 200 cm³/mol. The number of carbonyl (C=O) groups excluding carboxylic acids is 2. The van der Waals surface area contributed by atoms with E-state index in [4.69, 9.17) is 9.47 Å². The number of ether oxygens (including phenoxy) is 2. The molecule has 4 atom stereocenters. The van der Waals surface area contributed by atoms with Crippen LogP contribution in [-0.4, -0.2) is 51.8 Å². The highest BCUT2D eigenvalue weighted by Crippen LogP contribution is 2.43. The maximum Gasteiger partial charge on any atom is 0.416 e. The van der Waals surface area contributed by atoms with Crippen LogP contribution in [-0.2, 0) is 20.9 Å². The molecule has 1 fully saturated rings. The highest BCUT2D eigenvalue weighted by molar-refractivity contribution is 6.92. The van der Waals surface area contributed by atoms with Crippen LogP contribution < -0.4 is 10.4 Å². The molecule has 0 radical (unpaired) electrons. The fraction of sp³-hybridized carbons (Fsp3) is 0.450. The minimum atomic E-state index is -2.23. The summed E-state index contributed by atoms with van der Waals surface area (Å²) in [6.07, 6.45) is 4.32. The number of hydrogen-bond acceptors (Lipinski definition) is 4. The fourth-order valence-electron chi connectivity index (χ4n) is 7.04. The van der Waals surface area contributed by atoms with Crippen LogP contribution in [0.3, 0.4) is 0 Å². The average Bonchev–Trinajstić information content (AvgIpc) is 3.46. The van der Waals surface area contributed by atoms with Gasteiger partial charge in [-0.25, -0.2) is 9.69 Å². The molecule has 0 saturated carbocycles. The molecule has 1 saturated heterocycles. The molecule has 0 bridgehead atoms. The normalized spacial score (nSPS) is 17.6. The van der Waals surface area contributed by atoms with E-state index >= 15 is 0 Å². The van der Waals surface area contributed by atoms with Crippen LogP contribution >= 0.6 is 0 Å². The van der Waals surface area contributed by atoms with Gasteiger partial charge < -0.3 is 9.47 Å². The molecular formula is C40H55NO4Si2. The van der Waals surface area contributed by atoms with Crippen molar-refractivity contribution in [2.24, 2.45) is 5.41 Å². The van der Waals surface area contributed by atoms with E-state index in [9.17, 15) is 9.59 Å². The molecule has 5 nitrogen and oxygen atoms in total. The van der Waals surface area contributed by atoms with Gasteiger partial charge in [-0.2, -0.15) is 0 Å². The van der Waals surface area contributed by atoms with Crippen molar-refractivity contribution in [3.05, 3.63) is 109 Å². The van der Waals surface area contributed by atoms with Crippen molar-refractivity contribution in [1.82, 2.24) is 4.90 Å². The van der Waals surface area contributed by atoms with Crippen LogP contribution in [0.5, 0.6) is 0 Å². The number of rotatable bonds is 15. The summed E-state index contributed by atoms with van der Waals surface area (Å²) in [6.45, 7) is 20.8. The molecular weight excluding hydrogens is 615 g/mol. The smallest absolute Gasteiger partial charge is 0.416 e. The number of carbonyl (C=O) groups is 2. The van der Waals surface area contributed by atoms with Gasteiger partial charge in [0.2, 0.25) is 5.91 Å². The van der Waals surface area contributed by atoms with Crippen LogP contribution in [0.4, 0.5) is 4.79 Å². The lowest BCUT2D eigenvalue weighted by atomic mass is 9.86. The van der Waals surface area contributed by atoms with Crippen molar-refractivity contribution in [1.29, 1.82) is 0 Å². The summed E-state index contributed by atoms with van der Waals surface area (Å²) in [5.41, 5.74) is 1.31. The van der Waals surface area contributed by atoms with E-state index in [1.807, 2.05) is 24.3 Å². The third-order valence-corrected chi connectivity index (χ3v) is 19.2. The van der Waals surface area contributed by atoms with E-state index in [-0.39, 0.29) is 35.6 Å². The molecule has 252 valence electrons. The molecule has 3 aromatic rings. The van der Waals surface area contributed by atoms with Crippen molar-refractivity contribution in [2.75, 3.05) is 6.61 Å². The summed E-state index contributed by atoms with van der Waals surface area (Å²) >= 11 is 0. The lowest BCUT2D eigenvalue weighted by Crippen LogP contribution is -2.52. The molecule has 4 rings (SSSR count). The van der Waals surface area contributed by atoms with Crippen LogP contribution in [0.1, 0.15) is 52.0 Å². The Bertz CT molecular complexity index is 1450.